The Morgan fingerprint density at radius 3 is 2.90 bits per heavy atom. The number of imidazole rings is 1. The molecule has 0 aliphatic heterocycles. The highest BCUT2D eigenvalue weighted by atomic mass is 32.1. The average molecular weight is 297 g/mol. The van der Waals surface area contributed by atoms with Crippen molar-refractivity contribution in [1.29, 1.82) is 0 Å². The molecular weight excluding hydrogens is 282 g/mol. The largest absolute Gasteiger partial charge is 0.497 e. The van der Waals surface area contributed by atoms with Crippen molar-refractivity contribution in [3.63, 3.8) is 0 Å². The summed E-state index contributed by atoms with van der Waals surface area (Å²) in [5.74, 6) is 0.861. The van der Waals surface area contributed by atoms with Crippen LogP contribution in [0.5, 0.6) is 5.75 Å². The molecule has 0 amide bonds. The van der Waals surface area contributed by atoms with Crippen molar-refractivity contribution in [3.8, 4) is 17.0 Å². The van der Waals surface area contributed by atoms with Crippen LogP contribution < -0.4 is 4.74 Å². The van der Waals surface area contributed by atoms with E-state index in [4.69, 9.17) is 9.72 Å². The summed E-state index contributed by atoms with van der Waals surface area (Å²) < 4.78 is 7.49. The number of nitrogens with zero attached hydrogens (tertiary/aromatic N) is 2. The van der Waals surface area contributed by atoms with Crippen LogP contribution in [0.1, 0.15) is 11.4 Å². The summed E-state index contributed by atoms with van der Waals surface area (Å²) in [7, 11) is 1.69. The molecule has 4 nitrogen and oxygen atoms in total. The average Bonchev–Trinajstić information content (AvgIpc) is 3.12. The number of rotatable bonds is 2. The summed E-state index contributed by atoms with van der Waals surface area (Å²) in [6.45, 7) is 4.18. The quantitative estimate of drug-likeness (QED) is 0.603. The molecule has 0 atom stereocenters. The maximum Gasteiger partial charge on any atom is 0.194 e. The molecule has 1 aromatic carbocycles. The van der Waals surface area contributed by atoms with Gasteiger partial charge in [-0.25, -0.2) is 4.98 Å². The lowest BCUT2D eigenvalue weighted by Crippen LogP contribution is -1.83. The van der Waals surface area contributed by atoms with Crippen LogP contribution in [-0.4, -0.2) is 21.5 Å². The van der Waals surface area contributed by atoms with E-state index in [0.29, 0.717) is 0 Å². The van der Waals surface area contributed by atoms with Crippen molar-refractivity contribution in [2.75, 3.05) is 7.11 Å². The third-order valence-corrected chi connectivity index (χ3v) is 4.80. The van der Waals surface area contributed by atoms with Gasteiger partial charge in [-0.15, -0.1) is 11.3 Å². The minimum absolute atomic E-state index is 0.861. The van der Waals surface area contributed by atoms with E-state index in [1.807, 2.05) is 12.1 Å². The predicted octanol–water partition coefficient (Wildman–Crippen LogP) is 4.17. The van der Waals surface area contributed by atoms with E-state index in [-0.39, 0.29) is 0 Å². The molecule has 0 aliphatic rings. The van der Waals surface area contributed by atoms with Crippen LogP contribution in [0.2, 0.25) is 0 Å². The molecule has 0 fully saturated rings. The molecule has 0 saturated carbocycles. The number of H-pyrrole nitrogens is 1. The molecule has 0 aliphatic carbocycles. The molecule has 3 heterocycles. The van der Waals surface area contributed by atoms with Crippen molar-refractivity contribution in [3.05, 3.63) is 41.2 Å². The third kappa shape index (κ3) is 1.77. The molecule has 0 radical (unpaired) electrons. The zero-order valence-electron chi connectivity index (χ0n) is 12.1. The summed E-state index contributed by atoms with van der Waals surface area (Å²) in [6, 6.07) is 6.08. The number of aromatic nitrogens is 3. The molecule has 106 valence electrons. The van der Waals surface area contributed by atoms with Crippen molar-refractivity contribution in [1.82, 2.24) is 14.4 Å². The topological polar surface area (TPSA) is 42.3 Å². The molecule has 3 aromatic heterocycles. The van der Waals surface area contributed by atoms with Crippen LogP contribution >= 0.6 is 11.3 Å². The second-order valence-corrected chi connectivity index (χ2v) is 6.03. The number of aromatic amines is 1. The van der Waals surface area contributed by atoms with Crippen molar-refractivity contribution < 1.29 is 4.74 Å². The highest BCUT2D eigenvalue weighted by molar-refractivity contribution is 7.15. The minimum Gasteiger partial charge on any atom is -0.497 e. The van der Waals surface area contributed by atoms with Gasteiger partial charge in [0.2, 0.25) is 0 Å². The lowest BCUT2D eigenvalue weighted by atomic mass is 10.1. The second-order valence-electron chi connectivity index (χ2n) is 5.19. The van der Waals surface area contributed by atoms with Gasteiger partial charge in [-0.3, -0.25) is 4.40 Å². The van der Waals surface area contributed by atoms with E-state index in [1.54, 1.807) is 18.4 Å². The number of fused-ring (bicyclic) bond motifs is 2. The van der Waals surface area contributed by atoms with Crippen molar-refractivity contribution in [2.24, 2.45) is 0 Å². The Morgan fingerprint density at radius 2 is 2.14 bits per heavy atom. The van der Waals surface area contributed by atoms with E-state index in [1.165, 1.54) is 5.69 Å². The first-order valence-corrected chi connectivity index (χ1v) is 7.65. The summed E-state index contributed by atoms with van der Waals surface area (Å²) in [5.41, 5.74) is 5.60. The Morgan fingerprint density at radius 1 is 1.29 bits per heavy atom. The lowest BCUT2D eigenvalue weighted by molar-refractivity contribution is 0.415. The molecule has 5 heteroatoms. The fourth-order valence-corrected chi connectivity index (χ4v) is 3.63. The number of hydrogen-bond donors (Lipinski definition) is 1. The smallest absolute Gasteiger partial charge is 0.194 e. The fraction of sp³-hybridized carbons (Fsp3) is 0.188. The number of hydrogen-bond acceptors (Lipinski definition) is 3. The van der Waals surface area contributed by atoms with E-state index in [2.05, 4.69) is 40.9 Å². The van der Waals surface area contributed by atoms with Gasteiger partial charge < -0.3 is 9.72 Å². The first kappa shape index (κ1) is 12.5. The van der Waals surface area contributed by atoms with Crippen LogP contribution in [-0.2, 0) is 0 Å². The molecule has 4 aromatic rings. The standard InChI is InChI=1S/C16H15N3OS/c1-9-8-21-16-18-14(7-19(9)16)15-10(2)17-13-5-4-11(20-3)6-12(13)15/h4-8,17H,1-3H3. The fourth-order valence-electron chi connectivity index (χ4n) is 2.78. The Hall–Kier alpha value is -2.27. The van der Waals surface area contributed by atoms with Crippen molar-refractivity contribution >= 4 is 27.2 Å². The Bertz CT molecular complexity index is 961. The van der Waals surface area contributed by atoms with Gasteiger partial charge in [-0.1, -0.05) is 0 Å². The number of thiazole rings is 1. The zero-order valence-corrected chi connectivity index (χ0v) is 12.9. The van der Waals surface area contributed by atoms with Gasteiger partial charge in [0.05, 0.1) is 12.8 Å². The van der Waals surface area contributed by atoms with Gasteiger partial charge in [0.1, 0.15) is 5.75 Å². The number of aryl methyl sites for hydroxylation is 2. The number of nitrogens with one attached hydrogen (secondary N) is 1. The maximum absolute atomic E-state index is 5.35. The van der Waals surface area contributed by atoms with Gasteiger partial charge in [-0.05, 0) is 32.0 Å². The molecule has 0 saturated heterocycles. The van der Waals surface area contributed by atoms with Crippen LogP contribution in [0.4, 0.5) is 0 Å². The normalized spacial score (nSPS) is 11.6. The molecule has 1 N–H and O–H groups in total. The summed E-state index contributed by atoms with van der Waals surface area (Å²) in [6.07, 6.45) is 2.11. The van der Waals surface area contributed by atoms with Gasteiger partial charge in [-0.2, -0.15) is 0 Å². The monoisotopic (exact) mass is 297 g/mol. The summed E-state index contributed by atoms with van der Waals surface area (Å²) in [5, 5.41) is 3.27. The highest BCUT2D eigenvalue weighted by Gasteiger charge is 2.15. The van der Waals surface area contributed by atoms with Gasteiger partial charge in [0.25, 0.3) is 0 Å². The lowest BCUT2D eigenvalue weighted by Gasteiger charge is -2.00. The Kier molecular flexibility index (Phi) is 2.59. The van der Waals surface area contributed by atoms with Crippen LogP contribution in [0, 0.1) is 13.8 Å². The Labute approximate surface area is 126 Å². The van der Waals surface area contributed by atoms with Gasteiger partial charge >= 0.3 is 0 Å². The van der Waals surface area contributed by atoms with Crippen molar-refractivity contribution in [2.45, 2.75) is 13.8 Å². The zero-order chi connectivity index (χ0) is 14.6. The molecule has 0 spiro atoms. The van der Waals surface area contributed by atoms with Gasteiger partial charge in [0.15, 0.2) is 4.96 Å². The van der Waals surface area contributed by atoms with E-state index in [0.717, 1.165) is 38.6 Å². The first-order chi connectivity index (χ1) is 10.2. The maximum atomic E-state index is 5.35. The molecule has 4 rings (SSSR count). The number of methoxy groups -OCH3 is 1. The summed E-state index contributed by atoms with van der Waals surface area (Å²) in [4.78, 5) is 9.22. The molecule has 0 bridgehead atoms. The highest BCUT2D eigenvalue weighted by Crippen LogP contribution is 2.34. The second kappa shape index (κ2) is 4.36. The van der Waals surface area contributed by atoms with Crippen LogP contribution in [0.3, 0.4) is 0 Å². The van der Waals surface area contributed by atoms with Crippen LogP contribution in [0.15, 0.2) is 29.8 Å². The first-order valence-electron chi connectivity index (χ1n) is 6.77. The Balaban J connectivity index is 2.01. The van der Waals surface area contributed by atoms with Crippen LogP contribution in [0.25, 0.3) is 27.1 Å². The van der Waals surface area contributed by atoms with E-state index in [9.17, 15) is 0 Å². The van der Waals surface area contributed by atoms with E-state index >= 15 is 0 Å². The summed E-state index contributed by atoms with van der Waals surface area (Å²) >= 11 is 1.67. The van der Waals surface area contributed by atoms with E-state index < -0.39 is 0 Å². The van der Waals surface area contributed by atoms with Gasteiger partial charge in [0, 0.05) is 39.4 Å². The SMILES string of the molecule is COc1ccc2[nH]c(C)c(-c3cn4c(C)csc4n3)c2c1. The molecular formula is C16H15N3OS. The molecule has 0 unspecified atom stereocenters. The predicted molar refractivity (Wildman–Crippen MR) is 86.4 cm³/mol. The molecule has 21 heavy (non-hydrogen) atoms. The third-order valence-electron chi connectivity index (χ3n) is 3.84. The number of benzene rings is 1. The number of ether oxygens (including phenoxy) is 1. The minimum atomic E-state index is 0.861.